The van der Waals surface area contributed by atoms with Crippen LogP contribution in [0.25, 0.3) is 6.08 Å². The van der Waals surface area contributed by atoms with Crippen molar-refractivity contribution in [3.05, 3.63) is 71.4 Å². The van der Waals surface area contributed by atoms with E-state index in [-0.39, 0.29) is 30.2 Å². The van der Waals surface area contributed by atoms with Crippen molar-refractivity contribution < 1.29 is 14.4 Å². The Labute approximate surface area is 169 Å². The van der Waals surface area contributed by atoms with Crippen molar-refractivity contribution in [2.75, 3.05) is 5.32 Å². The lowest BCUT2D eigenvalue weighted by atomic mass is 9.93. The van der Waals surface area contributed by atoms with E-state index in [9.17, 15) is 14.4 Å². The molecule has 0 bridgehead atoms. The van der Waals surface area contributed by atoms with Crippen LogP contribution in [-0.4, -0.2) is 28.7 Å². The fourth-order valence-corrected chi connectivity index (χ4v) is 3.50. The Bertz CT molecular complexity index is 977. The third kappa shape index (κ3) is 4.37. The van der Waals surface area contributed by atoms with E-state index in [1.54, 1.807) is 35.4 Å². The van der Waals surface area contributed by atoms with Gasteiger partial charge in [-0.3, -0.25) is 14.4 Å². The third-order valence-corrected chi connectivity index (χ3v) is 5.19. The van der Waals surface area contributed by atoms with Crippen molar-refractivity contribution in [1.82, 2.24) is 10.2 Å². The lowest BCUT2D eigenvalue weighted by molar-refractivity contribution is -0.129. The highest BCUT2D eigenvalue weighted by molar-refractivity contribution is 5.96. The monoisotopic (exact) mass is 389 g/mol. The van der Waals surface area contributed by atoms with Gasteiger partial charge in [0.15, 0.2) is 0 Å². The first kappa shape index (κ1) is 18.9. The average molecular weight is 389 g/mol. The van der Waals surface area contributed by atoms with E-state index < -0.39 is 0 Å². The van der Waals surface area contributed by atoms with E-state index in [2.05, 4.69) is 10.6 Å². The predicted molar refractivity (Wildman–Crippen MR) is 111 cm³/mol. The summed E-state index contributed by atoms with van der Waals surface area (Å²) < 4.78 is 0. The van der Waals surface area contributed by atoms with Crippen LogP contribution in [0, 0.1) is 0 Å². The van der Waals surface area contributed by atoms with E-state index in [1.807, 2.05) is 30.3 Å². The second kappa shape index (κ2) is 7.91. The number of carbonyl (C=O) groups excluding carboxylic acids is 3. The van der Waals surface area contributed by atoms with E-state index in [0.29, 0.717) is 17.3 Å². The first-order valence-corrected chi connectivity index (χ1v) is 9.78. The van der Waals surface area contributed by atoms with Crippen molar-refractivity contribution >= 4 is 29.5 Å². The molecule has 0 saturated heterocycles. The largest absolute Gasteiger partial charge is 0.349 e. The number of hydrogen-bond acceptors (Lipinski definition) is 3. The summed E-state index contributed by atoms with van der Waals surface area (Å²) in [5.41, 5.74) is 3.15. The summed E-state index contributed by atoms with van der Waals surface area (Å²) in [6, 6.07) is 14.6. The number of rotatable bonds is 5. The number of hydrogen-bond donors (Lipinski definition) is 2. The van der Waals surface area contributed by atoms with Crippen LogP contribution in [0.3, 0.4) is 0 Å². The maximum Gasteiger partial charge on any atom is 0.251 e. The van der Waals surface area contributed by atoms with Crippen LogP contribution in [0.15, 0.2) is 54.7 Å². The Kier molecular flexibility index (Phi) is 5.16. The van der Waals surface area contributed by atoms with Crippen molar-refractivity contribution in [2.24, 2.45) is 0 Å². The number of amides is 3. The summed E-state index contributed by atoms with van der Waals surface area (Å²) in [5, 5.41) is 5.81. The normalized spacial score (nSPS) is 17.4. The van der Waals surface area contributed by atoms with Gasteiger partial charge in [0.1, 0.15) is 0 Å². The number of fused-ring (bicyclic) bond motifs is 1. The van der Waals surface area contributed by atoms with Gasteiger partial charge in [-0.05, 0) is 54.3 Å². The molecule has 1 fully saturated rings. The topological polar surface area (TPSA) is 78.5 Å². The van der Waals surface area contributed by atoms with Gasteiger partial charge in [-0.25, -0.2) is 0 Å². The zero-order chi connectivity index (χ0) is 20.4. The minimum atomic E-state index is -0.350. The molecule has 1 aliphatic carbocycles. The molecule has 2 aliphatic rings. The van der Waals surface area contributed by atoms with Gasteiger partial charge in [0.2, 0.25) is 11.8 Å². The zero-order valence-corrected chi connectivity index (χ0v) is 16.2. The molecular formula is C23H23N3O3. The molecule has 1 aliphatic heterocycles. The number of nitrogens with one attached hydrogen (secondary N) is 2. The van der Waals surface area contributed by atoms with E-state index in [4.69, 9.17) is 0 Å². The lowest BCUT2D eigenvalue weighted by Gasteiger charge is -2.32. The summed E-state index contributed by atoms with van der Waals surface area (Å²) in [6.45, 7) is 1.49. The molecule has 1 saturated carbocycles. The maximum atomic E-state index is 12.7. The van der Waals surface area contributed by atoms with Gasteiger partial charge in [0, 0.05) is 30.4 Å². The number of carbonyl (C=O) groups is 3. The molecule has 1 atom stereocenters. The molecule has 1 heterocycles. The van der Waals surface area contributed by atoms with Gasteiger partial charge >= 0.3 is 0 Å². The summed E-state index contributed by atoms with van der Waals surface area (Å²) in [7, 11) is 0. The highest BCUT2D eigenvalue weighted by Gasteiger charge is 2.28. The molecule has 2 aromatic carbocycles. The molecule has 1 unspecified atom stereocenters. The maximum absolute atomic E-state index is 12.7. The molecular weight excluding hydrogens is 366 g/mol. The van der Waals surface area contributed by atoms with Crippen LogP contribution < -0.4 is 10.6 Å². The Morgan fingerprint density at radius 3 is 2.45 bits per heavy atom. The van der Waals surface area contributed by atoms with Crippen LogP contribution in [0.4, 0.5) is 5.69 Å². The molecule has 2 aromatic rings. The van der Waals surface area contributed by atoms with E-state index in [1.165, 1.54) is 6.92 Å². The van der Waals surface area contributed by atoms with Crippen LogP contribution in [0.2, 0.25) is 0 Å². The van der Waals surface area contributed by atoms with E-state index >= 15 is 0 Å². The Hall–Kier alpha value is -3.41. The Morgan fingerprint density at radius 2 is 1.76 bits per heavy atom. The molecule has 29 heavy (non-hydrogen) atoms. The van der Waals surface area contributed by atoms with Crippen LogP contribution in [0.5, 0.6) is 0 Å². The molecule has 6 heteroatoms. The molecule has 4 rings (SSSR count). The Morgan fingerprint density at radius 1 is 1.03 bits per heavy atom. The first-order valence-electron chi connectivity index (χ1n) is 9.78. The Balaban J connectivity index is 1.43. The van der Waals surface area contributed by atoms with Crippen molar-refractivity contribution in [2.45, 2.75) is 38.3 Å². The third-order valence-electron chi connectivity index (χ3n) is 5.19. The minimum Gasteiger partial charge on any atom is -0.349 e. The number of nitrogens with zero attached hydrogens (tertiary/aromatic N) is 1. The van der Waals surface area contributed by atoms with E-state index in [0.717, 1.165) is 24.0 Å². The predicted octanol–water partition coefficient (Wildman–Crippen LogP) is 3.48. The summed E-state index contributed by atoms with van der Waals surface area (Å²) in [4.78, 5) is 38.4. The smallest absolute Gasteiger partial charge is 0.251 e. The van der Waals surface area contributed by atoms with Gasteiger partial charge < -0.3 is 15.5 Å². The highest BCUT2D eigenvalue weighted by atomic mass is 16.2. The van der Waals surface area contributed by atoms with Gasteiger partial charge in [0.25, 0.3) is 5.91 Å². The number of anilines is 1. The van der Waals surface area contributed by atoms with Crippen LogP contribution in [0.1, 0.15) is 53.7 Å². The summed E-state index contributed by atoms with van der Waals surface area (Å²) >= 11 is 0. The second-order valence-electron chi connectivity index (χ2n) is 7.46. The highest BCUT2D eigenvalue weighted by Crippen LogP contribution is 2.33. The van der Waals surface area contributed by atoms with Crippen LogP contribution in [-0.2, 0) is 9.59 Å². The molecule has 2 N–H and O–H groups in total. The fraction of sp³-hybridized carbons (Fsp3) is 0.261. The van der Waals surface area contributed by atoms with Crippen LogP contribution >= 0.6 is 0 Å². The SMILES string of the molecule is CC(=O)N1C=Cc2ccccc2C1CC(=O)Nc1ccc(C(=O)NC2CC2)cc1. The van der Waals surface area contributed by atoms with Crippen molar-refractivity contribution in [3.63, 3.8) is 0 Å². The molecule has 3 amide bonds. The quantitative estimate of drug-likeness (QED) is 0.822. The van der Waals surface area contributed by atoms with Gasteiger partial charge in [-0.2, -0.15) is 0 Å². The molecule has 0 spiro atoms. The molecule has 148 valence electrons. The van der Waals surface area contributed by atoms with Gasteiger partial charge in [0.05, 0.1) is 12.5 Å². The number of benzene rings is 2. The molecule has 0 aromatic heterocycles. The van der Waals surface area contributed by atoms with Gasteiger partial charge in [-0.1, -0.05) is 24.3 Å². The molecule has 6 nitrogen and oxygen atoms in total. The summed E-state index contributed by atoms with van der Waals surface area (Å²) in [5.74, 6) is -0.394. The first-order chi connectivity index (χ1) is 14.0. The fourth-order valence-electron chi connectivity index (χ4n) is 3.50. The lowest BCUT2D eigenvalue weighted by Crippen LogP contribution is -2.33. The molecule has 0 radical (unpaired) electrons. The van der Waals surface area contributed by atoms with Crippen molar-refractivity contribution in [1.29, 1.82) is 0 Å². The second-order valence-corrected chi connectivity index (χ2v) is 7.46. The zero-order valence-electron chi connectivity index (χ0n) is 16.2. The standard InChI is InChI=1S/C23H23N3O3/c1-15(27)26-13-12-16-4-2-3-5-20(16)21(26)14-22(28)24-18-8-6-17(7-9-18)23(29)25-19-10-11-19/h2-9,12-13,19,21H,10-11,14H2,1H3,(H,24,28)(H,25,29). The van der Waals surface area contributed by atoms with Gasteiger partial charge in [-0.15, -0.1) is 0 Å². The average Bonchev–Trinajstić information content (AvgIpc) is 3.52. The van der Waals surface area contributed by atoms with Crippen molar-refractivity contribution in [3.8, 4) is 0 Å². The summed E-state index contributed by atoms with van der Waals surface area (Å²) in [6.07, 6.45) is 5.84. The minimum absolute atomic E-state index is 0.0897.